The molecule has 0 bridgehead atoms. The normalized spacial score (nSPS) is 13.2. The summed E-state index contributed by atoms with van der Waals surface area (Å²) in [4.78, 5) is 25.9. The molecule has 0 saturated heterocycles. The molecule has 0 spiro atoms. The van der Waals surface area contributed by atoms with Crippen molar-refractivity contribution in [3.8, 4) is 28.5 Å². The van der Waals surface area contributed by atoms with Gasteiger partial charge in [-0.05, 0) is 79.1 Å². The van der Waals surface area contributed by atoms with Gasteiger partial charge in [-0.15, -0.1) is 13.2 Å². The zero-order valence-corrected chi connectivity index (χ0v) is 22.4. The van der Waals surface area contributed by atoms with E-state index in [1.807, 2.05) is 12.1 Å². The number of aromatic hydroxyl groups is 1. The third kappa shape index (κ3) is 6.65. The van der Waals surface area contributed by atoms with Gasteiger partial charge in [0.25, 0.3) is 5.91 Å². The van der Waals surface area contributed by atoms with Gasteiger partial charge in [-0.3, -0.25) is 4.79 Å². The highest BCUT2D eigenvalue weighted by molar-refractivity contribution is 6.04. The van der Waals surface area contributed by atoms with Crippen molar-refractivity contribution in [2.24, 2.45) is 0 Å². The molecule has 3 N–H and O–H groups in total. The van der Waals surface area contributed by atoms with Gasteiger partial charge in [-0.1, -0.05) is 18.6 Å². The number of ether oxygens (including phenoxy) is 2. The summed E-state index contributed by atoms with van der Waals surface area (Å²) < 4.78 is 47.6. The van der Waals surface area contributed by atoms with Gasteiger partial charge in [0, 0.05) is 29.3 Å². The molecule has 0 atom stereocenters. The number of carbonyl (C=O) groups excluding carboxylic acids is 2. The first kappa shape index (κ1) is 28.5. The molecule has 3 aromatic carbocycles. The Balaban J connectivity index is 1.34. The molecule has 0 unspecified atom stereocenters. The summed E-state index contributed by atoms with van der Waals surface area (Å²) in [5.74, 6) is -0.279. The van der Waals surface area contributed by atoms with Crippen LogP contribution in [0.4, 0.5) is 23.7 Å². The van der Waals surface area contributed by atoms with Crippen molar-refractivity contribution in [3.63, 3.8) is 0 Å². The van der Waals surface area contributed by atoms with Crippen LogP contribution in [0, 0.1) is 0 Å². The van der Waals surface area contributed by atoms with Crippen LogP contribution in [0.2, 0.25) is 0 Å². The van der Waals surface area contributed by atoms with Crippen molar-refractivity contribution in [1.82, 2.24) is 15.1 Å². The van der Waals surface area contributed by atoms with Gasteiger partial charge in [0.1, 0.15) is 17.2 Å². The number of phenols is 1. The fourth-order valence-corrected chi connectivity index (χ4v) is 4.51. The van der Waals surface area contributed by atoms with Crippen LogP contribution in [0.15, 0.2) is 72.8 Å². The Morgan fingerprint density at radius 3 is 2.31 bits per heavy atom. The van der Waals surface area contributed by atoms with Crippen LogP contribution < -0.4 is 20.1 Å². The first-order valence-electron chi connectivity index (χ1n) is 13.1. The van der Waals surface area contributed by atoms with E-state index in [9.17, 15) is 27.9 Å². The molecule has 1 aromatic heterocycles. The topological polar surface area (TPSA) is 115 Å². The number of rotatable bonds is 8. The lowest BCUT2D eigenvalue weighted by molar-refractivity contribution is -0.274. The van der Waals surface area contributed by atoms with Crippen LogP contribution in [-0.2, 0) is 6.54 Å². The first-order chi connectivity index (χ1) is 20.1. The summed E-state index contributed by atoms with van der Waals surface area (Å²) in [6.07, 6.45) is -1.98. The second-order valence-corrected chi connectivity index (χ2v) is 9.76. The predicted molar refractivity (Wildman–Crippen MR) is 148 cm³/mol. The van der Waals surface area contributed by atoms with Crippen LogP contribution in [0.25, 0.3) is 11.3 Å². The van der Waals surface area contributed by atoms with E-state index < -0.39 is 24.1 Å². The fourth-order valence-electron chi connectivity index (χ4n) is 4.51. The van der Waals surface area contributed by atoms with Gasteiger partial charge in [0.2, 0.25) is 0 Å². The van der Waals surface area contributed by atoms with Crippen molar-refractivity contribution in [3.05, 3.63) is 89.6 Å². The summed E-state index contributed by atoms with van der Waals surface area (Å²) in [6.45, 7) is 0.276. The highest BCUT2D eigenvalue weighted by Crippen LogP contribution is 2.39. The van der Waals surface area contributed by atoms with E-state index >= 15 is 0 Å². The highest BCUT2D eigenvalue weighted by Gasteiger charge is 2.31. The number of hydrogen-bond donors (Lipinski definition) is 3. The highest BCUT2D eigenvalue weighted by atomic mass is 19.4. The van der Waals surface area contributed by atoms with E-state index in [0.29, 0.717) is 22.7 Å². The number of nitrogens with zero attached hydrogens (tertiary/aromatic N) is 2. The molecule has 4 aromatic rings. The average Bonchev–Trinajstić information content (AvgIpc) is 3.36. The first-order valence-corrected chi connectivity index (χ1v) is 13.1. The minimum absolute atomic E-state index is 0.101. The Labute approximate surface area is 238 Å². The van der Waals surface area contributed by atoms with Crippen LogP contribution in [-0.4, -0.2) is 40.3 Å². The van der Waals surface area contributed by atoms with Crippen molar-refractivity contribution in [2.75, 3.05) is 12.4 Å². The van der Waals surface area contributed by atoms with Crippen LogP contribution in [0.3, 0.4) is 0 Å². The number of phenolic OH excluding ortho intramolecular Hbond substituents is 1. The predicted octanol–water partition coefficient (Wildman–Crippen LogP) is 6.44. The van der Waals surface area contributed by atoms with Gasteiger partial charge < -0.3 is 25.2 Å². The Morgan fingerprint density at radius 2 is 1.69 bits per heavy atom. The number of alkyl halides is 3. The molecule has 2 amide bonds. The molecule has 1 fully saturated rings. The largest absolute Gasteiger partial charge is 0.573 e. The van der Waals surface area contributed by atoms with E-state index in [1.165, 1.54) is 35.0 Å². The minimum Gasteiger partial charge on any atom is -0.507 e. The number of carbonyl (C=O) groups is 2. The fraction of sp³-hybridized carbons (Fsp3) is 0.233. The van der Waals surface area contributed by atoms with Gasteiger partial charge in [-0.2, -0.15) is 9.78 Å². The molecular formula is C30H27F3N4O5. The van der Waals surface area contributed by atoms with Crippen molar-refractivity contribution in [2.45, 2.75) is 38.1 Å². The summed E-state index contributed by atoms with van der Waals surface area (Å²) in [5.41, 5.74) is 2.66. The smallest absolute Gasteiger partial charge is 0.507 e. The van der Waals surface area contributed by atoms with Crippen molar-refractivity contribution >= 4 is 17.6 Å². The molecule has 0 radical (unpaired) electrons. The van der Waals surface area contributed by atoms with E-state index in [0.717, 1.165) is 42.7 Å². The number of hydrogen-bond acceptors (Lipinski definition) is 6. The number of nitrogens with one attached hydrogen (secondary N) is 2. The van der Waals surface area contributed by atoms with E-state index in [2.05, 4.69) is 20.5 Å². The van der Waals surface area contributed by atoms with Gasteiger partial charge >= 0.3 is 12.4 Å². The molecule has 5 rings (SSSR count). The molecule has 1 aliphatic rings. The quantitative estimate of drug-likeness (QED) is 0.207. The molecule has 1 heterocycles. The summed E-state index contributed by atoms with van der Waals surface area (Å²) >= 11 is 0. The third-order valence-corrected chi connectivity index (χ3v) is 6.94. The van der Waals surface area contributed by atoms with Crippen LogP contribution in [0.5, 0.6) is 17.2 Å². The molecule has 1 saturated carbocycles. The third-order valence-electron chi connectivity index (χ3n) is 6.94. The summed E-state index contributed by atoms with van der Waals surface area (Å²) in [7, 11) is 1.58. The SMILES string of the molecule is COc1ccc(CNC(=O)n2nc(-c3cc(NC(=O)c4ccc(OC(F)(F)F)cc4)ccc3O)cc2C2CCC2)cc1. The van der Waals surface area contributed by atoms with E-state index in [-0.39, 0.29) is 23.8 Å². The lowest BCUT2D eigenvalue weighted by Gasteiger charge is -2.25. The van der Waals surface area contributed by atoms with E-state index in [1.54, 1.807) is 25.3 Å². The maximum Gasteiger partial charge on any atom is 0.573 e. The molecule has 1 aliphatic carbocycles. The Bertz CT molecular complexity index is 1580. The van der Waals surface area contributed by atoms with Crippen molar-refractivity contribution in [1.29, 1.82) is 0 Å². The lowest BCUT2D eigenvalue weighted by Crippen LogP contribution is -2.31. The second kappa shape index (κ2) is 11.9. The standard InChI is InChI=1S/C30H27F3N4O5/c1-41-22-10-5-18(6-11-22)17-34-29(40)37-26(19-3-2-4-19)16-25(36-37)24-15-21(9-14-27(24)38)35-28(39)20-7-12-23(13-8-20)42-30(31,32)33/h5-16,19,38H,2-4,17H2,1H3,(H,34,40)(H,35,39). The average molecular weight is 581 g/mol. The van der Waals surface area contributed by atoms with Gasteiger partial charge in [0.05, 0.1) is 18.5 Å². The Kier molecular flexibility index (Phi) is 8.05. The number of methoxy groups -OCH3 is 1. The van der Waals surface area contributed by atoms with Crippen LogP contribution >= 0.6 is 0 Å². The Hall–Kier alpha value is -5.00. The second-order valence-electron chi connectivity index (χ2n) is 9.76. The minimum atomic E-state index is -4.84. The zero-order valence-electron chi connectivity index (χ0n) is 22.4. The summed E-state index contributed by atoms with van der Waals surface area (Å²) in [5, 5.41) is 20.7. The molecule has 9 nitrogen and oxygen atoms in total. The number of amides is 2. The zero-order chi connectivity index (χ0) is 29.9. The maximum absolute atomic E-state index is 13.2. The number of anilines is 1. The number of halogens is 3. The lowest BCUT2D eigenvalue weighted by atomic mass is 9.82. The van der Waals surface area contributed by atoms with Gasteiger partial charge in [-0.25, -0.2) is 4.79 Å². The van der Waals surface area contributed by atoms with Crippen LogP contribution in [0.1, 0.15) is 46.8 Å². The monoisotopic (exact) mass is 580 g/mol. The molecule has 12 heteroatoms. The molecule has 218 valence electrons. The number of benzene rings is 3. The molecule has 0 aliphatic heterocycles. The van der Waals surface area contributed by atoms with E-state index in [4.69, 9.17) is 4.74 Å². The number of aromatic nitrogens is 2. The molecular weight excluding hydrogens is 553 g/mol. The summed E-state index contributed by atoms with van der Waals surface area (Å²) in [6, 6.07) is 17.5. The van der Waals surface area contributed by atoms with Crippen molar-refractivity contribution < 1.29 is 37.3 Å². The molecule has 42 heavy (non-hydrogen) atoms. The maximum atomic E-state index is 13.2. The van der Waals surface area contributed by atoms with Gasteiger partial charge in [0.15, 0.2) is 0 Å². The Morgan fingerprint density at radius 1 is 1.00 bits per heavy atom.